The average molecular weight is 298 g/mol. The van der Waals surface area contributed by atoms with Crippen LogP contribution in [0.5, 0.6) is 0 Å². The van der Waals surface area contributed by atoms with Gasteiger partial charge in [-0.3, -0.25) is 4.79 Å². The van der Waals surface area contributed by atoms with Crippen LogP contribution in [0.2, 0.25) is 0 Å². The zero-order valence-corrected chi connectivity index (χ0v) is 12.3. The molecule has 1 aliphatic heterocycles. The van der Waals surface area contributed by atoms with E-state index in [4.69, 9.17) is 9.84 Å². The van der Waals surface area contributed by atoms with E-state index in [1.807, 2.05) is 0 Å². The first-order valence-electron chi connectivity index (χ1n) is 6.37. The van der Waals surface area contributed by atoms with Gasteiger partial charge >= 0.3 is 5.97 Å². The predicted octanol–water partition coefficient (Wildman–Crippen LogP) is 1.51. The van der Waals surface area contributed by atoms with Crippen LogP contribution in [-0.4, -0.2) is 38.0 Å². The molecule has 1 aromatic rings. The van der Waals surface area contributed by atoms with E-state index in [0.717, 1.165) is 5.56 Å². The summed E-state index contributed by atoms with van der Waals surface area (Å²) in [6, 6.07) is 6.44. The Balaban J connectivity index is 2.16. The third-order valence-corrected chi connectivity index (χ3v) is 5.60. The highest BCUT2D eigenvalue weighted by Crippen LogP contribution is 2.25. The molecule has 110 valence electrons. The van der Waals surface area contributed by atoms with E-state index in [9.17, 15) is 13.2 Å². The fraction of sp³-hybridized carbons (Fsp3) is 0.500. The summed E-state index contributed by atoms with van der Waals surface area (Å²) in [4.78, 5) is 11.3. The highest BCUT2D eigenvalue weighted by molar-refractivity contribution is 7.92. The molecular formula is C14H18O5S. The van der Waals surface area contributed by atoms with Crippen LogP contribution in [0, 0.1) is 5.41 Å². The highest BCUT2D eigenvalue weighted by Gasteiger charge is 2.34. The van der Waals surface area contributed by atoms with Crippen molar-refractivity contribution in [3.8, 4) is 0 Å². The number of hydrogen-bond donors (Lipinski definition) is 1. The summed E-state index contributed by atoms with van der Waals surface area (Å²) >= 11 is 0. The number of rotatable bonds is 5. The Morgan fingerprint density at radius 2 is 1.85 bits per heavy atom. The zero-order chi connectivity index (χ0) is 15.0. The first kappa shape index (κ1) is 15.0. The molecule has 20 heavy (non-hydrogen) atoms. The van der Waals surface area contributed by atoms with Crippen molar-refractivity contribution in [2.24, 2.45) is 5.41 Å². The molecule has 1 aliphatic rings. The maximum Gasteiger partial charge on any atom is 0.309 e. The SMILES string of the molecule is CC(C)(Cc1ccc(S(=O)(=O)C2COC2)cc1)C(=O)O. The predicted molar refractivity (Wildman–Crippen MR) is 73.4 cm³/mol. The van der Waals surface area contributed by atoms with Crippen LogP contribution in [0.3, 0.4) is 0 Å². The third kappa shape index (κ3) is 2.86. The summed E-state index contributed by atoms with van der Waals surface area (Å²) in [5, 5.41) is 8.63. The molecule has 1 heterocycles. The summed E-state index contributed by atoms with van der Waals surface area (Å²) in [6.07, 6.45) is 0.356. The molecular weight excluding hydrogens is 280 g/mol. The van der Waals surface area contributed by atoms with Gasteiger partial charge in [-0.25, -0.2) is 8.42 Å². The van der Waals surface area contributed by atoms with E-state index in [-0.39, 0.29) is 18.1 Å². The van der Waals surface area contributed by atoms with Gasteiger partial charge in [0.25, 0.3) is 0 Å². The van der Waals surface area contributed by atoms with Crippen LogP contribution in [0.15, 0.2) is 29.2 Å². The quantitative estimate of drug-likeness (QED) is 0.891. The van der Waals surface area contributed by atoms with Crippen LogP contribution >= 0.6 is 0 Å². The first-order valence-corrected chi connectivity index (χ1v) is 7.92. The van der Waals surface area contributed by atoms with Gasteiger partial charge in [-0.1, -0.05) is 12.1 Å². The standard InChI is InChI=1S/C14H18O5S/c1-14(2,13(15)16)7-10-3-5-11(6-4-10)20(17,18)12-8-19-9-12/h3-6,12H,7-9H2,1-2H3,(H,15,16). The van der Waals surface area contributed by atoms with Crippen molar-refractivity contribution in [1.82, 2.24) is 0 Å². The second-order valence-corrected chi connectivity index (χ2v) is 7.94. The van der Waals surface area contributed by atoms with Gasteiger partial charge < -0.3 is 9.84 Å². The molecule has 0 radical (unpaired) electrons. The number of aliphatic carboxylic acids is 1. The van der Waals surface area contributed by atoms with Crippen molar-refractivity contribution in [1.29, 1.82) is 0 Å². The third-order valence-electron chi connectivity index (χ3n) is 3.52. The van der Waals surface area contributed by atoms with E-state index >= 15 is 0 Å². The highest BCUT2D eigenvalue weighted by atomic mass is 32.2. The minimum Gasteiger partial charge on any atom is -0.481 e. The van der Waals surface area contributed by atoms with Gasteiger partial charge in [0.05, 0.1) is 23.5 Å². The molecule has 1 fully saturated rings. The number of sulfone groups is 1. The molecule has 0 atom stereocenters. The van der Waals surface area contributed by atoms with Crippen molar-refractivity contribution < 1.29 is 23.1 Å². The molecule has 0 aliphatic carbocycles. The molecule has 6 heteroatoms. The van der Waals surface area contributed by atoms with Gasteiger partial charge in [0.2, 0.25) is 0 Å². The number of hydrogen-bond acceptors (Lipinski definition) is 4. The summed E-state index contributed by atoms with van der Waals surface area (Å²) in [5.74, 6) is -0.874. The maximum absolute atomic E-state index is 12.1. The van der Waals surface area contributed by atoms with Crippen molar-refractivity contribution in [2.45, 2.75) is 30.4 Å². The van der Waals surface area contributed by atoms with Gasteiger partial charge in [-0.2, -0.15) is 0 Å². The van der Waals surface area contributed by atoms with Crippen LogP contribution in [0.1, 0.15) is 19.4 Å². The molecule has 0 unspecified atom stereocenters. The lowest BCUT2D eigenvalue weighted by Crippen LogP contribution is -2.40. The summed E-state index contributed by atoms with van der Waals surface area (Å²) in [5.41, 5.74) is -0.0661. The first-order chi connectivity index (χ1) is 9.23. The fourth-order valence-corrected chi connectivity index (χ4v) is 3.42. The van der Waals surface area contributed by atoms with E-state index in [0.29, 0.717) is 6.42 Å². The number of carboxylic acids is 1. The summed E-state index contributed by atoms with van der Waals surface area (Å²) in [6.45, 7) is 3.78. The minimum atomic E-state index is -3.32. The monoisotopic (exact) mass is 298 g/mol. The minimum absolute atomic E-state index is 0.246. The molecule has 1 N–H and O–H groups in total. The lowest BCUT2D eigenvalue weighted by atomic mass is 9.86. The smallest absolute Gasteiger partial charge is 0.309 e. The molecule has 0 spiro atoms. The van der Waals surface area contributed by atoms with Crippen LogP contribution in [0.25, 0.3) is 0 Å². The second-order valence-electron chi connectivity index (χ2n) is 5.71. The van der Waals surface area contributed by atoms with E-state index in [1.54, 1.807) is 38.1 Å². The number of carbonyl (C=O) groups is 1. The van der Waals surface area contributed by atoms with Crippen LogP contribution < -0.4 is 0 Å². The van der Waals surface area contributed by atoms with Crippen LogP contribution in [-0.2, 0) is 25.8 Å². The zero-order valence-electron chi connectivity index (χ0n) is 11.5. The maximum atomic E-state index is 12.1. The second kappa shape index (κ2) is 5.18. The summed E-state index contributed by atoms with van der Waals surface area (Å²) in [7, 11) is -3.32. The number of ether oxygens (including phenoxy) is 1. The Bertz CT molecular complexity index is 597. The molecule has 0 saturated carbocycles. The van der Waals surface area contributed by atoms with Gasteiger partial charge in [0.15, 0.2) is 9.84 Å². The van der Waals surface area contributed by atoms with Crippen molar-refractivity contribution in [2.75, 3.05) is 13.2 Å². The van der Waals surface area contributed by atoms with E-state index in [2.05, 4.69) is 0 Å². The van der Waals surface area contributed by atoms with Gasteiger partial charge in [0, 0.05) is 0 Å². The summed E-state index contributed by atoms with van der Waals surface area (Å²) < 4.78 is 29.2. The Morgan fingerprint density at radius 3 is 2.25 bits per heavy atom. The number of benzene rings is 1. The lowest BCUT2D eigenvalue weighted by Gasteiger charge is -2.25. The van der Waals surface area contributed by atoms with Crippen molar-refractivity contribution >= 4 is 15.8 Å². The Morgan fingerprint density at radius 1 is 1.30 bits per heavy atom. The van der Waals surface area contributed by atoms with Crippen molar-refractivity contribution in [3.05, 3.63) is 29.8 Å². The molecule has 1 saturated heterocycles. The normalized spacial score (nSPS) is 16.7. The Kier molecular flexibility index (Phi) is 3.88. The van der Waals surface area contributed by atoms with Crippen LogP contribution in [0.4, 0.5) is 0 Å². The van der Waals surface area contributed by atoms with Crippen molar-refractivity contribution in [3.63, 3.8) is 0 Å². The molecule has 5 nitrogen and oxygen atoms in total. The van der Waals surface area contributed by atoms with E-state index < -0.39 is 26.5 Å². The topological polar surface area (TPSA) is 80.7 Å². The molecule has 0 amide bonds. The van der Waals surface area contributed by atoms with Gasteiger partial charge in [0.1, 0.15) is 5.25 Å². The Hall–Kier alpha value is -1.40. The van der Waals surface area contributed by atoms with Gasteiger partial charge in [-0.15, -0.1) is 0 Å². The fourth-order valence-electron chi connectivity index (χ4n) is 1.97. The average Bonchev–Trinajstić information content (AvgIpc) is 2.25. The number of carboxylic acid groups (broad SMARTS) is 1. The van der Waals surface area contributed by atoms with Gasteiger partial charge in [-0.05, 0) is 38.0 Å². The molecule has 2 rings (SSSR count). The molecule has 0 aromatic heterocycles. The molecule has 0 bridgehead atoms. The largest absolute Gasteiger partial charge is 0.481 e. The lowest BCUT2D eigenvalue weighted by molar-refractivity contribution is -0.146. The van der Waals surface area contributed by atoms with E-state index in [1.165, 1.54) is 0 Å². The Labute approximate surface area is 118 Å². The molecule has 1 aromatic carbocycles.